The summed E-state index contributed by atoms with van der Waals surface area (Å²) in [7, 11) is 0. The predicted molar refractivity (Wildman–Crippen MR) is 192 cm³/mol. The lowest BCUT2D eigenvalue weighted by atomic mass is 9.78. The van der Waals surface area contributed by atoms with Gasteiger partial charge in [0, 0.05) is 34.6 Å². The van der Waals surface area contributed by atoms with Crippen LogP contribution in [-0.4, -0.2) is 19.5 Å². The zero-order valence-corrected chi connectivity index (χ0v) is 27.5. The van der Waals surface area contributed by atoms with Crippen molar-refractivity contribution < 1.29 is 0 Å². The van der Waals surface area contributed by atoms with Crippen molar-refractivity contribution in [2.75, 3.05) is 0 Å². The van der Waals surface area contributed by atoms with Crippen LogP contribution in [-0.2, 0) is 10.8 Å². The molecular formula is C42H40N4. The SMILES string of the molecule is CC(C)(C)c1cc(-c2cc(-c3ccccn3)cc(-c3ccc4ccn(-c5ccc(-c6ccccc6)[nH]5)c4n3)c2)cc(C(C)(C)C)c1. The highest BCUT2D eigenvalue weighted by Crippen LogP contribution is 2.37. The summed E-state index contributed by atoms with van der Waals surface area (Å²) in [6, 6.07) is 41.0. The van der Waals surface area contributed by atoms with Crippen LogP contribution in [0.4, 0.5) is 0 Å². The van der Waals surface area contributed by atoms with Gasteiger partial charge in [0.05, 0.1) is 11.4 Å². The van der Waals surface area contributed by atoms with Gasteiger partial charge < -0.3 is 4.98 Å². The average Bonchev–Trinajstić information content (AvgIpc) is 3.72. The highest BCUT2D eigenvalue weighted by Gasteiger charge is 2.22. The third-order valence-corrected chi connectivity index (χ3v) is 8.74. The topological polar surface area (TPSA) is 46.5 Å². The van der Waals surface area contributed by atoms with Crippen LogP contribution in [0, 0.1) is 0 Å². The molecule has 0 saturated carbocycles. The Morgan fingerprint density at radius 1 is 0.543 bits per heavy atom. The van der Waals surface area contributed by atoms with Crippen LogP contribution in [0.5, 0.6) is 0 Å². The lowest BCUT2D eigenvalue weighted by molar-refractivity contribution is 0.569. The van der Waals surface area contributed by atoms with E-state index >= 15 is 0 Å². The molecule has 3 aromatic carbocycles. The summed E-state index contributed by atoms with van der Waals surface area (Å²) in [6.45, 7) is 13.7. The summed E-state index contributed by atoms with van der Waals surface area (Å²) in [5.74, 6) is 0.982. The first-order valence-corrected chi connectivity index (χ1v) is 16.0. The number of aromatic nitrogens is 4. The van der Waals surface area contributed by atoms with Gasteiger partial charge in [-0.3, -0.25) is 9.55 Å². The molecule has 0 unspecified atom stereocenters. The molecule has 0 bridgehead atoms. The lowest BCUT2D eigenvalue weighted by Crippen LogP contribution is -2.16. The fourth-order valence-electron chi connectivity index (χ4n) is 5.96. The fourth-order valence-corrected chi connectivity index (χ4v) is 5.96. The minimum atomic E-state index is 0.0215. The van der Waals surface area contributed by atoms with E-state index in [1.165, 1.54) is 16.7 Å². The molecular weight excluding hydrogens is 560 g/mol. The van der Waals surface area contributed by atoms with Crippen molar-refractivity contribution in [1.82, 2.24) is 19.5 Å². The number of benzene rings is 3. The van der Waals surface area contributed by atoms with E-state index in [0.717, 1.165) is 56.2 Å². The zero-order valence-electron chi connectivity index (χ0n) is 27.5. The number of nitrogens with one attached hydrogen (secondary N) is 1. The van der Waals surface area contributed by atoms with Crippen LogP contribution in [0.2, 0.25) is 0 Å². The van der Waals surface area contributed by atoms with Crippen molar-refractivity contribution in [2.45, 2.75) is 52.4 Å². The number of aromatic amines is 1. The third kappa shape index (κ3) is 5.79. The predicted octanol–water partition coefficient (Wildman–Crippen LogP) is 11.0. The number of fused-ring (bicyclic) bond motifs is 1. The Kier molecular flexibility index (Phi) is 7.24. The van der Waals surface area contributed by atoms with Crippen molar-refractivity contribution in [1.29, 1.82) is 0 Å². The van der Waals surface area contributed by atoms with Gasteiger partial charge in [0.15, 0.2) is 0 Å². The normalized spacial score (nSPS) is 12.1. The standard InChI is InChI=1S/C42H40N4/c1-41(2,3)34-25-31(26-35(27-34)42(4,5)6)30-22-32(36-14-10-11-20-43-36)24-33(23-30)38-16-15-29-19-21-46(40(29)45-38)39-18-17-37(44-39)28-12-8-7-9-13-28/h7-27,44H,1-6H3. The lowest BCUT2D eigenvalue weighted by Gasteiger charge is -2.26. The van der Waals surface area contributed by atoms with E-state index in [9.17, 15) is 0 Å². The quantitative estimate of drug-likeness (QED) is 0.214. The second kappa shape index (κ2) is 11.3. The summed E-state index contributed by atoms with van der Waals surface area (Å²) in [6.07, 6.45) is 3.95. The first-order chi connectivity index (χ1) is 22.0. The number of pyridine rings is 2. The molecule has 1 N–H and O–H groups in total. The van der Waals surface area contributed by atoms with Gasteiger partial charge in [0.1, 0.15) is 11.5 Å². The molecule has 0 fully saturated rings. The van der Waals surface area contributed by atoms with E-state index in [4.69, 9.17) is 9.97 Å². The summed E-state index contributed by atoms with van der Waals surface area (Å²) < 4.78 is 2.14. The first kappa shape index (κ1) is 29.5. The van der Waals surface area contributed by atoms with Crippen molar-refractivity contribution >= 4 is 11.0 Å². The van der Waals surface area contributed by atoms with Gasteiger partial charge in [-0.05, 0) is 99.3 Å². The Bertz CT molecular complexity index is 2120. The van der Waals surface area contributed by atoms with E-state index < -0.39 is 0 Å². The second-order valence-corrected chi connectivity index (χ2v) is 14.2. The van der Waals surface area contributed by atoms with E-state index in [-0.39, 0.29) is 10.8 Å². The molecule has 0 aliphatic heterocycles. The summed E-state index contributed by atoms with van der Waals surface area (Å²) in [4.78, 5) is 13.6. The maximum Gasteiger partial charge on any atom is 0.146 e. The largest absolute Gasteiger partial charge is 0.341 e. The Morgan fingerprint density at radius 2 is 1.20 bits per heavy atom. The molecule has 7 aromatic rings. The summed E-state index contributed by atoms with van der Waals surface area (Å²) >= 11 is 0. The highest BCUT2D eigenvalue weighted by atomic mass is 15.1. The van der Waals surface area contributed by atoms with E-state index in [1.807, 2.05) is 24.4 Å². The molecule has 0 spiro atoms. The zero-order chi connectivity index (χ0) is 32.1. The average molecular weight is 601 g/mol. The van der Waals surface area contributed by atoms with Gasteiger partial charge in [0.2, 0.25) is 0 Å². The smallest absolute Gasteiger partial charge is 0.146 e. The van der Waals surface area contributed by atoms with E-state index in [2.05, 4.69) is 154 Å². The minimum absolute atomic E-state index is 0.0215. The number of hydrogen-bond acceptors (Lipinski definition) is 2. The minimum Gasteiger partial charge on any atom is -0.341 e. The molecule has 4 aromatic heterocycles. The van der Waals surface area contributed by atoms with Gasteiger partial charge in [-0.25, -0.2) is 4.98 Å². The Labute approximate surface area is 271 Å². The van der Waals surface area contributed by atoms with E-state index in [1.54, 1.807) is 0 Å². The number of H-pyrrole nitrogens is 1. The van der Waals surface area contributed by atoms with Crippen LogP contribution in [0.15, 0.2) is 128 Å². The van der Waals surface area contributed by atoms with Crippen LogP contribution >= 0.6 is 0 Å². The first-order valence-electron chi connectivity index (χ1n) is 16.0. The Morgan fingerprint density at radius 3 is 1.87 bits per heavy atom. The molecule has 0 aliphatic carbocycles. The van der Waals surface area contributed by atoms with Crippen LogP contribution in [0.25, 0.3) is 61.8 Å². The second-order valence-electron chi connectivity index (χ2n) is 14.2. The third-order valence-electron chi connectivity index (χ3n) is 8.74. The van der Waals surface area contributed by atoms with Gasteiger partial charge in [0.25, 0.3) is 0 Å². The van der Waals surface area contributed by atoms with Crippen LogP contribution in [0.3, 0.4) is 0 Å². The van der Waals surface area contributed by atoms with Gasteiger partial charge in [-0.15, -0.1) is 0 Å². The number of hydrogen-bond donors (Lipinski definition) is 1. The molecule has 0 amide bonds. The summed E-state index contributed by atoms with van der Waals surface area (Å²) in [5, 5.41) is 1.09. The van der Waals surface area contributed by atoms with Crippen molar-refractivity contribution in [3.8, 4) is 50.7 Å². The molecule has 0 aliphatic rings. The molecule has 4 nitrogen and oxygen atoms in total. The molecule has 228 valence electrons. The molecule has 46 heavy (non-hydrogen) atoms. The van der Waals surface area contributed by atoms with Crippen molar-refractivity contribution in [3.05, 3.63) is 139 Å². The monoisotopic (exact) mass is 600 g/mol. The Balaban J connectivity index is 1.38. The van der Waals surface area contributed by atoms with Crippen LogP contribution < -0.4 is 0 Å². The number of nitrogens with zero attached hydrogens (tertiary/aromatic N) is 3. The molecule has 0 atom stereocenters. The summed E-state index contributed by atoms with van der Waals surface area (Å²) in [5.41, 5.74) is 12.2. The molecule has 0 saturated heterocycles. The Hall–Kier alpha value is -5.22. The van der Waals surface area contributed by atoms with Crippen molar-refractivity contribution in [2.24, 2.45) is 0 Å². The van der Waals surface area contributed by atoms with Crippen LogP contribution in [0.1, 0.15) is 52.7 Å². The number of rotatable bonds is 5. The molecule has 4 heteroatoms. The van der Waals surface area contributed by atoms with E-state index in [0.29, 0.717) is 0 Å². The molecule has 0 radical (unpaired) electrons. The fraction of sp³-hybridized carbons (Fsp3) is 0.190. The molecule has 4 heterocycles. The maximum atomic E-state index is 5.27. The van der Waals surface area contributed by atoms with Crippen molar-refractivity contribution in [3.63, 3.8) is 0 Å². The van der Waals surface area contributed by atoms with Gasteiger partial charge in [-0.2, -0.15) is 0 Å². The van der Waals surface area contributed by atoms with Gasteiger partial charge >= 0.3 is 0 Å². The van der Waals surface area contributed by atoms with Gasteiger partial charge in [-0.1, -0.05) is 96.1 Å². The maximum absolute atomic E-state index is 5.27. The highest BCUT2D eigenvalue weighted by molar-refractivity contribution is 5.84. The molecule has 7 rings (SSSR count).